The molecule has 0 fully saturated rings. The quantitative estimate of drug-likeness (QED) is 0.492. The molecule has 2 aromatic carbocycles. The summed E-state index contributed by atoms with van der Waals surface area (Å²) in [6.45, 7) is 2.00. The maximum atomic E-state index is 12.1. The fraction of sp³-hybridized carbons (Fsp3) is 0.118. The summed E-state index contributed by atoms with van der Waals surface area (Å²) in [5, 5.41) is 12.2. The molecule has 1 heterocycles. The number of amides is 1. The number of aromatic nitrogens is 3. The highest BCUT2D eigenvalue weighted by Crippen LogP contribution is 2.26. The van der Waals surface area contributed by atoms with Gasteiger partial charge in [0.05, 0.1) is 15.8 Å². The first-order chi connectivity index (χ1) is 12.4. The molecule has 3 N–H and O–H groups in total. The Balaban J connectivity index is 1.63. The van der Waals surface area contributed by atoms with E-state index in [2.05, 4.69) is 15.5 Å². The van der Waals surface area contributed by atoms with Crippen LogP contribution in [0.4, 0.5) is 5.69 Å². The lowest BCUT2D eigenvalue weighted by atomic mass is 10.1. The maximum absolute atomic E-state index is 12.1. The van der Waals surface area contributed by atoms with Crippen LogP contribution in [0.5, 0.6) is 0 Å². The molecule has 0 aliphatic rings. The average molecular weight is 408 g/mol. The lowest BCUT2D eigenvalue weighted by Crippen LogP contribution is -2.16. The Morgan fingerprint density at radius 3 is 2.58 bits per heavy atom. The number of rotatable bonds is 5. The highest BCUT2D eigenvalue weighted by Gasteiger charge is 2.14. The number of thioether (sulfide) groups is 1. The van der Waals surface area contributed by atoms with Crippen LogP contribution in [0.25, 0.3) is 11.4 Å². The summed E-state index contributed by atoms with van der Waals surface area (Å²) in [5.74, 6) is 6.51. The van der Waals surface area contributed by atoms with Crippen molar-refractivity contribution >= 4 is 46.6 Å². The predicted molar refractivity (Wildman–Crippen MR) is 106 cm³/mol. The molecule has 26 heavy (non-hydrogen) atoms. The lowest BCUT2D eigenvalue weighted by molar-refractivity contribution is -0.113. The molecular weight excluding hydrogens is 393 g/mol. The molecule has 0 saturated carbocycles. The van der Waals surface area contributed by atoms with Crippen LogP contribution in [0.15, 0.2) is 47.6 Å². The zero-order valence-electron chi connectivity index (χ0n) is 13.7. The van der Waals surface area contributed by atoms with E-state index in [1.54, 1.807) is 18.2 Å². The van der Waals surface area contributed by atoms with Gasteiger partial charge in [-0.15, -0.1) is 10.2 Å². The minimum absolute atomic E-state index is 0.128. The van der Waals surface area contributed by atoms with Crippen LogP contribution in [-0.4, -0.2) is 26.5 Å². The third-order valence-corrected chi connectivity index (χ3v) is 5.19. The van der Waals surface area contributed by atoms with Crippen molar-refractivity contribution in [3.05, 3.63) is 58.1 Å². The Morgan fingerprint density at radius 2 is 1.88 bits per heavy atom. The number of carbonyl (C=O) groups is 1. The molecular formula is C17H15Cl2N5OS. The number of nitrogens with one attached hydrogen (secondary N) is 1. The summed E-state index contributed by atoms with van der Waals surface area (Å²) in [4.78, 5) is 12.1. The molecule has 6 nitrogen and oxygen atoms in total. The Bertz CT molecular complexity index is 943. The summed E-state index contributed by atoms with van der Waals surface area (Å²) < 4.78 is 1.38. The summed E-state index contributed by atoms with van der Waals surface area (Å²) in [6.07, 6.45) is 0. The maximum Gasteiger partial charge on any atom is 0.234 e. The van der Waals surface area contributed by atoms with Crippen LogP contribution in [0.2, 0.25) is 10.0 Å². The van der Waals surface area contributed by atoms with Gasteiger partial charge in [0.25, 0.3) is 0 Å². The van der Waals surface area contributed by atoms with E-state index in [4.69, 9.17) is 29.0 Å². The van der Waals surface area contributed by atoms with Gasteiger partial charge in [-0.1, -0.05) is 64.8 Å². The second-order valence-electron chi connectivity index (χ2n) is 5.51. The standard InChI is InChI=1S/C17H15Cl2N5OS/c1-10-2-4-11(5-3-10)16-22-23-17(24(16)20)26-9-15(25)21-12-6-7-13(18)14(19)8-12/h2-8H,9,20H2,1H3,(H,21,25). The van der Waals surface area contributed by atoms with Gasteiger partial charge >= 0.3 is 0 Å². The highest BCUT2D eigenvalue weighted by atomic mass is 35.5. The Hall–Kier alpha value is -2.22. The normalized spacial score (nSPS) is 10.7. The zero-order chi connectivity index (χ0) is 18.7. The number of anilines is 1. The molecule has 0 radical (unpaired) electrons. The highest BCUT2D eigenvalue weighted by molar-refractivity contribution is 7.99. The van der Waals surface area contributed by atoms with Crippen molar-refractivity contribution in [3.63, 3.8) is 0 Å². The van der Waals surface area contributed by atoms with E-state index in [-0.39, 0.29) is 11.7 Å². The van der Waals surface area contributed by atoms with Crippen LogP contribution >= 0.6 is 35.0 Å². The third kappa shape index (κ3) is 4.30. The second kappa shape index (κ2) is 7.99. The van der Waals surface area contributed by atoms with Crippen LogP contribution in [-0.2, 0) is 4.79 Å². The van der Waals surface area contributed by atoms with Gasteiger partial charge in [-0.05, 0) is 25.1 Å². The van der Waals surface area contributed by atoms with Crippen molar-refractivity contribution in [3.8, 4) is 11.4 Å². The topological polar surface area (TPSA) is 85.8 Å². The van der Waals surface area contributed by atoms with E-state index in [0.29, 0.717) is 26.7 Å². The number of nitrogens with zero attached hydrogens (tertiary/aromatic N) is 3. The molecule has 0 aliphatic heterocycles. The molecule has 0 saturated heterocycles. The zero-order valence-corrected chi connectivity index (χ0v) is 16.1. The average Bonchev–Trinajstić information content (AvgIpc) is 2.98. The van der Waals surface area contributed by atoms with Crippen LogP contribution in [0.1, 0.15) is 5.56 Å². The van der Waals surface area contributed by atoms with E-state index in [9.17, 15) is 4.79 Å². The molecule has 0 bridgehead atoms. The third-order valence-electron chi connectivity index (χ3n) is 3.51. The molecule has 3 aromatic rings. The van der Waals surface area contributed by atoms with Gasteiger partial charge in [-0.3, -0.25) is 4.79 Å². The first kappa shape index (κ1) is 18.6. The van der Waals surface area contributed by atoms with Crippen molar-refractivity contribution < 1.29 is 4.79 Å². The Morgan fingerprint density at radius 1 is 1.15 bits per heavy atom. The molecule has 0 aliphatic carbocycles. The molecule has 3 rings (SSSR count). The number of aryl methyl sites for hydroxylation is 1. The second-order valence-corrected chi connectivity index (χ2v) is 7.26. The van der Waals surface area contributed by atoms with E-state index in [1.165, 1.54) is 16.4 Å². The molecule has 1 aromatic heterocycles. The first-order valence-corrected chi connectivity index (χ1v) is 9.33. The van der Waals surface area contributed by atoms with Crippen LogP contribution < -0.4 is 11.2 Å². The van der Waals surface area contributed by atoms with Crippen LogP contribution in [0.3, 0.4) is 0 Å². The number of hydrogen-bond donors (Lipinski definition) is 2. The fourth-order valence-corrected chi connectivity index (χ4v) is 3.13. The van der Waals surface area contributed by atoms with E-state index in [1.807, 2.05) is 31.2 Å². The van der Waals surface area contributed by atoms with Gasteiger partial charge in [-0.25, -0.2) is 4.68 Å². The molecule has 0 atom stereocenters. The SMILES string of the molecule is Cc1ccc(-c2nnc(SCC(=O)Nc3ccc(Cl)c(Cl)c3)n2N)cc1. The van der Waals surface area contributed by atoms with Crippen molar-refractivity contribution in [1.82, 2.24) is 14.9 Å². The number of carbonyl (C=O) groups excluding carboxylic acids is 1. The minimum Gasteiger partial charge on any atom is -0.335 e. The van der Waals surface area contributed by atoms with Gasteiger partial charge in [0.2, 0.25) is 11.1 Å². The molecule has 9 heteroatoms. The summed E-state index contributed by atoms with van der Waals surface area (Å²) in [6, 6.07) is 12.7. The number of halogens is 2. The van der Waals surface area contributed by atoms with Gasteiger partial charge in [0.1, 0.15) is 0 Å². The van der Waals surface area contributed by atoms with Gasteiger partial charge in [0.15, 0.2) is 5.82 Å². The predicted octanol–water partition coefficient (Wildman–Crippen LogP) is 4.00. The number of benzene rings is 2. The molecule has 1 amide bonds. The van der Waals surface area contributed by atoms with Gasteiger partial charge < -0.3 is 11.2 Å². The van der Waals surface area contributed by atoms with E-state index >= 15 is 0 Å². The summed E-state index contributed by atoms with van der Waals surface area (Å²) in [5.41, 5.74) is 2.57. The summed E-state index contributed by atoms with van der Waals surface area (Å²) in [7, 11) is 0. The number of hydrogen-bond acceptors (Lipinski definition) is 5. The van der Waals surface area contributed by atoms with Crippen molar-refractivity contribution in [2.75, 3.05) is 16.9 Å². The molecule has 0 unspecified atom stereocenters. The van der Waals surface area contributed by atoms with Gasteiger partial charge in [-0.2, -0.15) is 0 Å². The number of nitrogen functional groups attached to an aromatic ring is 1. The van der Waals surface area contributed by atoms with E-state index < -0.39 is 0 Å². The van der Waals surface area contributed by atoms with Crippen molar-refractivity contribution in [1.29, 1.82) is 0 Å². The molecule has 0 spiro atoms. The molecule has 134 valence electrons. The monoisotopic (exact) mass is 407 g/mol. The van der Waals surface area contributed by atoms with Crippen LogP contribution in [0, 0.1) is 6.92 Å². The largest absolute Gasteiger partial charge is 0.335 e. The Labute approximate surface area is 164 Å². The van der Waals surface area contributed by atoms with Crippen molar-refractivity contribution in [2.24, 2.45) is 0 Å². The summed E-state index contributed by atoms with van der Waals surface area (Å²) >= 11 is 13.0. The van der Waals surface area contributed by atoms with E-state index in [0.717, 1.165) is 11.1 Å². The lowest BCUT2D eigenvalue weighted by Gasteiger charge is -2.06. The minimum atomic E-state index is -0.215. The first-order valence-electron chi connectivity index (χ1n) is 7.59. The van der Waals surface area contributed by atoms with Gasteiger partial charge in [0, 0.05) is 11.3 Å². The smallest absolute Gasteiger partial charge is 0.234 e. The fourth-order valence-electron chi connectivity index (χ4n) is 2.18. The Kier molecular flexibility index (Phi) is 5.70. The van der Waals surface area contributed by atoms with Crippen molar-refractivity contribution in [2.45, 2.75) is 12.1 Å². The number of nitrogens with two attached hydrogens (primary N) is 1.